The van der Waals surface area contributed by atoms with Gasteiger partial charge in [-0.2, -0.15) is 0 Å². The second-order valence-electron chi connectivity index (χ2n) is 15.2. The van der Waals surface area contributed by atoms with Crippen molar-refractivity contribution >= 4 is 61.9 Å². The molecule has 0 bridgehead atoms. The molecule has 1 fully saturated rings. The zero-order valence-electron chi connectivity index (χ0n) is 35.4. The number of benzene rings is 4. The molecule has 2 N–H and O–H groups in total. The van der Waals surface area contributed by atoms with Crippen LogP contribution in [-0.2, 0) is 13.0 Å². The zero-order chi connectivity index (χ0) is 47.1. The third-order valence-corrected chi connectivity index (χ3v) is 11.8. The van der Waals surface area contributed by atoms with Gasteiger partial charge < -0.3 is 29.7 Å². The molecule has 19 heteroatoms. The summed E-state index contributed by atoms with van der Waals surface area (Å²) in [6.07, 6.45) is -3.76. The highest BCUT2D eigenvalue weighted by Gasteiger charge is 2.32. The van der Waals surface area contributed by atoms with Crippen LogP contribution in [0.4, 0.5) is 43.5 Å². The van der Waals surface area contributed by atoms with Crippen LogP contribution >= 0.6 is 22.9 Å². The molecule has 0 unspecified atom stereocenters. The molecule has 0 spiro atoms. The van der Waals surface area contributed by atoms with Gasteiger partial charge in [0.2, 0.25) is 0 Å². The summed E-state index contributed by atoms with van der Waals surface area (Å²) in [5.41, 5.74) is 6.69. The number of alkyl halides is 6. The van der Waals surface area contributed by atoms with Gasteiger partial charge in [0.1, 0.15) is 40.7 Å². The molecule has 9 rings (SSSR count). The van der Waals surface area contributed by atoms with E-state index < -0.39 is 12.7 Å². The van der Waals surface area contributed by atoms with Gasteiger partial charge in [-0.25, -0.2) is 15.0 Å². The molecule has 4 aromatic carbocycles. The number of halogens is 7. The quantitative estimate of drug-likeness (QED) is 0.116. The fourth-order valence-corrected chi connectivity index (χ4v) is 8.47. The Morgan fingerprint density at radius 1 is 0.776 bits per heavy atom. The van der Waals surface area contributed by atoms with E-state index >= 15 is 0 Å². The van der Waals surface area contributed by atoms with Gasteiger partial charge >= 0.3 is 12.7 Å². The molecule has 1 aliphatic rings. The molecule has 0 radical (unpaired) electrons. The van der Waals surface area contributed by atoms with Crippen LogP contribution in [0.5, 0.6) is 23.0 Å². The van der Waals surface area contributed by atoms with Crippen LogP contribution in [0, 0.1) is 0 Å². The van der Waals surface area contributed by atoms with Gasteiger partial charge in [0.25, 0.3) is 5.91 Å². The number of amides is 1. The number of aryl methyl sites for hydroxylation is 1. The number of fused-ring (bicyclic) bond motifs is 2. The lowest BCUT2D eigenvalue weighted by Crippen LogP contribution is -2.32. The van der Waals surface area contributed by atoms with Crippen molar-refractivity contribution in [2.75, 3.05) is 23.3 Å². The minimum Gasteiger partial charge on any atom is -0.457 e. The molecule has 67 heavy (non-hydrogen) atoms. The summed E-state index contributed by atoms with van der Waals surface area (Å²) in [5.74, 6) is 1.24. The first-order valence-electron chi connectivity index (χ1n) is 20.9. The van der Waals surface area contributed by atoms with Crippen molar-refractivity contribution in [1.82, 2.24) is 24.7 Å². The van der Waals surface area contributed by atoms with Gasteiger partial charge in [-0.1, -0.05) is 42.8 Å². The van der Waals surface area contributed by atoms with E-state index in [2.05, 4.69) is 52.1 Å². The fourth-order valence-electron chi connectivity index (χ4n) is 7.52. The third kappa shape index (κ3) is 12.2. The number of nitrogens with one attached hydrogen (secondary N) is 2. The number of pyridine rings is 1. The number of hydrogen-bond donors (Lipinski definition) is 2. The van der Waals surface area contributed by atoms with Gasteiger partial charge in [0, 0.05) is 37.2 Å². The summed E-state index contributed by atoms with van der Waals surface area (Å²) in [6.45, 7) is 4.04. The maximum Gasteiger partial charge on any atom is 0.573 e. The van der Waals surface area contributed by atoms with E-state index in [0.717, 1.165) is 64.3 Å². The highest BCUT2D eigenvalue weighted by atomic mass is 35.5. The zero-order valence-corrected chi connectivity index (χ0v) is 37.0. The Morgan fingerprint density at radius 3 is 2.01 bits per heavy atom. The molecule has 346 valence electrons. The molecule has 4 aromatic heterocycles. The Balaban J connectivity index is 0.000000192. The Kier molecular flexibility index (Phi) is 14.0. The topological polar surface area (TPSA) is 115 Å². The monoisotopic (exact) mass is 959 g/mol. The summed E-state index contributed by atoms with van der Waals surface area (Å²) >= 11 is 7.69. The average Bonchev–Trinajstić information content (AvgIpc) is 3.95. The van der Waals surface area contributed by atoms with Crippen LogP contribution in [0.25, 0.3) is 15.9 Å². The van der Waals surface area contributed by atoms with Crippen molar-refractivity contribution in [3.63, 3.8) is 0 Å². The van der Waals surface area contributed by atoms with Crippen LogP contribution in [0.3, 0.4) is 0 Å². The predicted octanol–water partition coefficient (Wildman–Crippen LogP) is 12.9. The molecule has 1 amide bonds. The second-order valence-corrected chi connectivity index (χ2v) is 16.5. The van der Waals surface area contributed by atoms with E-state index in [0.29, 0.717) is 46.6 Å². The molecule has 0 atom stereocenters. The van der Waals surface area contributed by atoms with Crippen LogP contribution in [0.1, 0.15) is 53.0 Å². The number of imidazole rings is 1. The van der Waals surface area contributed by atoms with Crippen LogP contribution in [0.2, 0.25) is 5.02 Å². The lowest BCUT2D eigenvalue weighted by atomic mass is 9.89. The summed E-state index contributed by atoms with van der Waals surface area (Å²) in [4.78, 5) is 28.4. The molecule has 11 nitrogen and oxygen atoms in total. The number of nitrogens with zero attached hydrogens (tertiary/aromatic N) is 5. The Labute approximate surface area is 388 Å². The highest BCUT2D eigenvalue weighted by molar-refractivity contribution is 7.17. The number of hydrogen-bond acceptors (Lipinski definition) is 10. The number of thiophene rings is 1. The van der Waals surface area contributed by atoms with Crippen molar-refractivity contribution < 1.29 is 45.3 Å². The number of aromatic nitrogens is 4. The number of rotatable bonds is 12. The molecule has 0 aliphatic carbocycles. The van der Waals surface area contributed by atoms with E-state index in [-0.39, 0.29) is 23.3 Å². The number of carbonyl (C=O) groups is 1. The summed E-state index contributed by atoms with van der Waals surface area (Å²) in [5, 5.41) is 8.72. The normalized spacial score (nSPS) is 13.2. The van der Waals surface area contributed by atoms with E-state index in [1.54, 1.807) is 58.3 Å². The summed E-state index contributed by atoms with van der Waals surface area (Å²) in [6, 6.07) is 32.1. The lowest BCUT2D eigenvalue weighted by Gasteiger charge is -2.34. The van der Waals surface area contributed by atoms with Gasteiger partial charge in [0.15, 0.2) is 5.82 Å². The van der Waals surface area contributed by atoms with Gasteiger partial charge in [-0.3, -0.25) is 9.20 Å². The molecular weight excluding hydrogens is 920 g/mol. The average molecular weight is 960 g/mol. The Hall–Kier alpha value is -7.05. The summed E-state index contributed by atoms with van der Waals surface area (Å²) < 4.78 is 89.9. The molecular formula is C48H40ClF6N7O4S. The first kappa shape index (κ1) is 46.5. The van der Waals surface area contributed by atoms with Gasteiger partial charge in [-0.05, 0) is 133 Å². The molecule has 5 heterocycles. The second kappa shape index (κ2) is 20.2. The lowest BCUT2D eigenvalue weighted by molar-refractivity contribution is -0.275. The van der Waals surface area contributed by atoms with E-state index in [1.165, 1.54) is 42.7 Å². The molecule has 1 aliphatic heterocycles. The SMILES string of the molecule is CCc1nc2ccc(Cl)cn2c1C(=O)NCc1ccc(N2CCC(c3ccc(OC(F)(F)F)cc3)CC2)cc1.FC(F)(F)Oc1ccc(Oc2ccc(Nc3ncnc4ccsc34)cc2)cc1. The van der Waals surface area contributed by atoms with Gasteiger partial charge in [0.05, 0.1) is 20.9 Å². The molecule has 8 aromatic rings. The number of anilines is 3. The highest BCUT2D eigenvalue weighted by Crippen LogP contribution is 2.34. The predicted molar refractivity (Wildman–Crippen MR) is 245 cm³/mol. The van der Waals surface area contributed by atoms with Crippen molar-refractivity contribution in [3.8, 4) is 23.0 Å². The first-order valence-corrected chi connectivity index (χ1v) is 22.2. The van der Waals surface area contributed by atoms with Crippen LogP contribution < -0.4 is 29.7 Å². The minimum absolute atomic E-state index is 0.200. The Morgan fingerprint density at radius 2 is 1.39 bits per heavy atom. The largest absolute Gasteiger partial charge is 0.573 e. The van der Waals surface area contributed by atoms with Crippen molar-refractivity contribution in [2.45, 2.75) is 51.4 Å². The van der Waals surface area contributed by atoms with E-state index in [1.807, 2.05) is 42.6 Å². The minimum atomic E-state index is -4.72. The number of carbonyl (C=O) groups excluding carboxylic acids is 1. The van der Waals surface area contributed by atoms with Gasteiger partial charge in [-0.15, -0.1) is 37.7 Å². The first-order chi connectivity index (χ1) is 32.2. The third-order valence-electron chi connectivity index (χ3n) is 10.7. The molecule has 0 saturated carbocycles. The maximum atomic E-state index is 13.0. The van der Waals surface area contributed by atoms with Crippen LogP contribution in [0.15, 0.2) is 133 Å². The smallest absolute Gasteiger partial charge is 0.457 e. The maximum absolute atomic E-state index is 13.0. The number of piperidine rings is 1. The van der Waals surface area contributed by atoms with E-state index in [4.69, 9.17) is 16.3 Å². The number of ether oxygens (including phenoxy) is 3. The van der Waals surface area contributed by atoms with Crippen molar-refractivity contribution in [3.05, 3.63) is 161 Å². The molecule has 1 saturated heterocycles. The van der Waals surface area contributed by atoms with Crippen molar-refractivity contribution in [2.24, 2.45) is 0 Å². The van der Waals surface area contributed by atoms with Crippen molar-refractivity contribution in [1.29, 1.82) is 0 Å². The van der Waals surface area contributed by atoms with E-state index in [9.17, 15) is 31.1 Å². The van der Waals surface area contributed by atoms with Crippen LogP contribution in [-0.4, -0.2) is 51.1 Å². The Bertz CT molecular complexity index is 2920. The fraction of sp³-hybridized carbons (Fsp3) is 0.208. The summed E-state index contributed by atoms with van der Waals surface area (Å²) in [7, 11) is 0. The standard InChI is InChI=1S/C29H28ClF3N4O2.C19H12F3N3O2S/c1-2-25-27(37-18-22(30)7-12-26(37)35-25)28(38)34-17-19-3-8-23(9-4-19)36-15-13-21(14-16-36)20-5-10-24(11-6-20)39-29(31,32)33;20-19(21,22)27-15-7-5-14(6-8-15)26-13-3-1-12(2-4-13)25-18-17-16(9-10-28-17)23-11-24-18/h3-12,18,21H,2,13-17H2,1H3,(H,34,38);1-11H,(H,23,24,25).